The van der Waals surface area contributed by atoms with Gasteiger partial charge in [0.15, 0.2) is 0 Å². The number of carbonyl (C=O) groups is 1. The van der Waals surface area contributed by atoms with E-state index in [1.807, 2.05) is 44.2 Å². The molecule has 0 amide bonds. The van der Waals surface area contributed by atoms with E-state index >= 15 is 0 Å². The summed E-state index contributed by atoms with van der Waals surface area (Å²) in [6.45, 7) is 4.29. The summed E-state index contributed by atoms with van der Waals surface area (Å²) < 4.78 is 5.25. The molecule has 3 aromatic rings. The highest BCUT2D eigenvalue weighted by molar-refractivity contribution is 5.83. The molecule has 4 nitrogen and oxygen atoms in total. The lowest BCUT2D eigenvalue weighted by molar-refractivity contribution is -0.144. The Hall–Kier alpha value is -2.75. The van der Waals surface area contributed by atoms with Crippen molar-refractivity contribution in [2.75, 3.05) is 11.9 Å². The Kier molecular flexibility index (Phi) is 5.95. The van der Waals surface area contributed by atoms with Gasteiger partial charge in [-0.3, -0.25) is 0 Å². The van der Waals surface area contributed by atoms with E-state index in [9.17, 15) is 4.79 Å². The largest absolute Gasteiger partial charge is 0.464 e. The number of fused-ring (bicyclic) bond motifs is 1. The van der Waals surface area contributed by atoms with Crippen LogP contribution >= 0.6 is 0 Å². The third-order valence-electron chi connectivity index (χ3n) is 4.58. The van der Waals surface area contributed by atoms with Gasteiger partial charge in [-0.1, -0.05) is 35.9 Å². The fraction of sp³-hybridized carbons (Fsp3) is 0.318. The topological polar surface area (TPSA) is 54.1 Å². The zero-order chi connectivity index (χ0) is 18.4. The number of aromatic nitrogens is 1. The summed E-state index contributed by atoms with van der Waals surface area (Å²) in [5, 5.41) is 4.58. The molecule has 0 aliphatic heterocycles. The van der Waals surface area contributed by atoms with Gasteiger partial charge in [-0.05, 0) is 56.9 Å². The van der Waals surface area contributed by atoms with Gasteiger partial charge in [0.2, 0.25) is 0 Å². The van der Waals surface area contributed by atoms with Crippen molar-refractivity contribution in [1.29, 1.82) is 0 Å². The number of H-pyrrole nitrogens is 1. The van der Waals surface area contributed by atoms with Crippen LogP contribution in [0.2, 0.25) is 0 Å². The molecule has 4 heteroatoms. The Balaban J connectivity index is 1.63. The summed E-state index contributed by atoms with van der Waals surface area (Å²) in [6.07, 6.45) is 4.63. The number of anilines is 1. The minimum Gasteiger partial charge on any atom is -0.464 e. The van der Waals surface area contributed by atoms with Crippen molar-refractivity contribution < 1.29 is 9.53 Å². The molecular formula is C22H26N2O2. The van der Waals surface area contributed by atoms with E-state index < -0.39 is 0 Å². The van der Waals surface area contributed by atoms with Crippen molar-refractivity contribution in [3.63, 3.8) is 0 Å². The van der Waals surface area contributed by atoms with Crippen LogP contribution in [-0.2, 0) is 16.0 Å². The highest BCUT2D eigenvalue weighted by Crippen LogP contribution is 2.21. The third kappa shape index (κ3) is 4.45. The van der Waals surface area contributed by atoms with Crippen LogP contribution in [0.1, 0.15) is 30.9 Å². The number of para-hydroxylation sites is 1. The zero-order valence-electron chi connectivity index (χ0n) is 15.4. The quantitative estimate of drug-likeness (QED) is 0.571. The maximum absolute atomic E-state index is 12.3. The van der Waals surface area contributed by atoms with Gasteiger partial charge in [0.1, 0.15) is 6.04 Å². The lowest BCUT2D eigenvalue weighted by Gasteiger charge is -2.18. The zero-order valence-corrected chi connectivity index (χ0v) is 15.4. The first-order valence-electron chi connectivity index (χ1n) is 9.22. The second-order valence-corrected chi connectivity index (χ2v) is 6.57. The predicted octanol–water partition coefficient (Wildman–Crippen LogP) is 4.84. The fourth-order valence-electron chi connectivity index (χ4n) is 3.18. The number of carbonyl (C=O) groups excluding carboxylic acids is 1. The molecule has 1 heterocycles. The van der Waals surface area contributed by atoms with Crippen molar-refractivity contribution in [1.82, 2.24) is 4.98 Å². The van der Waals surface area contributed by atoms with E-state index in [1.54, 1.807) is 0 Å². The smallest absolute Gasteiger partial charge is 0.328 e. The molecule has 1 aromatic heterocycles. The summed E-state index contributed by atoms with van der Waals surface area (Å²) >= 11 is 0. The molecule has 0 radical (unpaired) electrons. The molecule has 2 aromatic carbocycles. The van der Waals surface area contributed by atoms with Crippen molar-refractivity contribution in [3.8, 4) is 0 Å². The third-order valence-corrected chi connectivity index (χ3v) is 4.58. The fourth-order valence-corrected chi connectivity index (χ4v) is 3.18. The number of hydrogen-bond donors (Lipinski definition) is 2. The maximum Gasteiger partial charge on any atom is 0.328 e. The Bertz CT molecular complexity index is 852. The van der Waals surface area contributed by atoms with Crippen LogP contribution in [0.15, 0.2) is 54.7 Å². The van der Waals surface area contributed by atoms with E-state index in [2.05, 4.69) is 34.7 Å². The lowest BCUT2D eigenvalue weighted by atomic mass is 10.0. The number of ether oxygens (including phenoxy) is 1. The van der Waals surface area contributed by atoms with Gasteiger partial charge in [0, 0.05) is 22.8 Å². The van der Waals surface area contributed by atoms with Crippen LogP contribution in [0.5, 0.6) is 0 Å². The normalized spacial score (nSPS) is 12.1. The molecule has 136 valence electrons. The molecule has 0 bridgehead atoms. The molecule has 2 N–H and O–H groups in total. The van der Waals surface area contributed by atoms with Crippen molar-refractivity contribution >= 4 is 22.6 Å². The van der Waals surface area contributed by atoms with Crippen LogP contribution in [0.25, 0.3) is 10.9 Å². The molecule has 0 fully saturated rings. The molecule has 3 rings (SSSR count). The number of aromatic amines is 1. The van der Waals surface area contributed by atoms with Gasteiger partial charge in [0.05, 0.1) is 6.61 Å². The van der Waals surface area contributed by atoms with E-state index in [1.165, 1.54) is 16.5 Å². The van der Waals surface area contributed by atoms with Gasteiger partial charge in [-0.15, -0.1) is 0 Å². The first-order valence-corrected chi connectivity index (χ1v) is 9.22. The molecule has 0 saturated heterocycles. The van der Waals surface area contributed by atoms with Gasteiger partial charge in [-0.2, -0.15) is 0 Å². The average Bonchev–Trinajstić information content (AvgIpc) is 3.06. The second-order valence-electron chi connectivity index (χ2n) is 6.57. The summed E-state index contributed by atoms with van der Waals surface area (Å²) in [7, 11) is 0. The summed E-state index contributed by atoms with van der Waals surface area (Å²) in [5.74, 6) is -0.188. The molecule has 0 saturated carbocycles. The van der Waals surface area contributed by atoms with E-state index in [0.29, 0.717) is 6.61 Å². The predicted molar refractivity (Wildman–Crippen MR) is 106 cm³/mol. The molecule has 26 heavy (non-hydrogen) atoms. The maximum atomic E-state index is 12.3. The van der Waals surface area contributed by atoms with Crippen LogP contribution in [0.3, 0.4) is 0 Å². The Morgan fingerprint density at radius 1 is 1.15 bits per heavy atom. The summed E-state index contributed by atoms with van der Waals surface area (Å²) in [5.41, 5.74) is 4.59. The van der Waals surface area contributed by atoms with Gasteiger partial charge >= 0.3 is 5.97 Å². The second kappa shape index (κ2) is 8.56. The lowest BCUT2D eigenvalue weighted by Crippen LogP contribution is -2.31. The number of esters is 1. The summed E-state index contributed by atoms with van der Waals surface area (Å²) in [4.78, 5) is 15.6. The Labute approximate surface area is 154 Å². The number of aryl methyl sites for hydroxylation is 2. The van der Waals surface area contributed by atoms with Crippen LogP contribution in [0, 0.1) is 6.92 Å². The summed E-state index contributed by atoms with van der Waals surface area (Å²) in [6, 6.07) is 16.1. The van der Waals surface area contributed by atoms with Crippen LogP contribution in [0.4, 0.5) is 5.69 Å². The van der Waals surface area contributed by atoms with Gasteiger partial charge in [-0.25, -0.2) is 4.79 Å². The van der Waals surface area contributed by atoms with Crippen LogP contribution < -0.4 is 5.32 Å². The number of benzene rings is 2. The van der Waals surface area contributed by atoms with Crippen molar-refractivity contribution in [2.24, 2.45) is 0 Å². The monoisotopic (exact) mass is 350 g/mol. The highest BCUT2D eigenvalue weighted by atomic mass is 16.5. The minimum absolute atomic E-state index is 0.188. The number of nitrogens with one attached hydrogen (secondary N) is 2. The SMILES string of the molecule is CCOC(=O)C(CCCc1c[nH]c2ccccc12)Nc1ccc(C)cc1. The molecular weight excluding hydrogens is 324 g/mol. The minimum atomic E-state index is -0.331. The van der Waals surface area contributed by atoms with E-state index in [-0.39, 0.29) is 12.0 Å². The van der Waals surface area contributed by atoms with Crippen LogP contribution in [-0.4, -0.2) is 23.6 Å². The average molecular weight is 350 g/mol. The molecule has 1 unspecified atom stereocenters. The van der Waals surface area contributed by atoms with Crippen molar-refractivity contribution in [2.45, 2.75) is 39.2 Å². The van der Waals surface area contributed by atoms with E-state index in [0.717, 1.165) is 30.5 Å². The standard InChI is InChI=1S/C22H26N2O2/c1-3-26-22(25)21(24-18-13-11-16(2)12-14-18)10-6-7-17-15-23-20-9-5-4-8-19(17)20/h4-5,8-9,11-15,21,23-24H,3,6-7,10H2,1-2H3. The first kappa shape index (κ1) is 18.1. The van der Waals surface area contributed by atoms with Crippen molar-refractivity contribution in [3.05, 3.63) is 65.9 Å². The Morgan fingerprint density at radius 2 is 1.92 bits per heavy atom. The number of rotatable bonds is 8. The van der Waals surface area contributed by atoms with E-state index in [4.69, 9.17) is 4.74 Å². The van der Waals surface area contributed by atoms with Gasteiger partial charge in [0.25, 0.3) is 0 Å². The van der Waals surface area contributed by atoms with Gasteiger partial charge < -0.3 is 15.0 Å². The molecule has 0 spiro atoms. The number of hydrogen-bond acceptors (Lipinski definition) is 3. The molecule has 0 aliphatic rings. The highest BCUT2D eigenvalue weighted by Gasteiger charge is 2.19. The molecule has 1 atom stereocenters. The Morgan fingerprint density at radius 3 is 2.69 bits per heavy atom. The molecule has 0 aliphatic carbocycles. The first-order chi connectivity index (χ1) is 12.7.